The Hall–Kier alpha value is -1.32. The van der Waals surface area contributed by atoms with Crippen molar-refractivity contribution >= 4 is 0 Å². The normalized spacial score (nSPS) is 10.8. The van der Waals surface area contributed by atoms with Crippen LogP contribution in [0.3, 0.4) is 0 Å². The first kappa shape index (κ1) is 24.7. The summed E-state index contributed by atoms with van der Waals surface area (Å²) in [5.74, 6) is 0. The van der Waals surface area contributed by atoms with Crippen molar-refractivity contribution < 1.29 is 0 Å². The minimum atomic E-state index is 0.993. The van der Waals surface area contributed by atoms with Gasteiger partial charge in [-0.3, -0.25) is 10.0 Å². The molecule has 152 valence electrons. The number of hydrogen-bond donors (Lipinski definition) is 0. The topological polar surface area (TPSA) is 31.2 Å². The third-order valence-electron chi connectivity index (χ3n) is 4.18. The van der Waals surface area contributed by atoms with Gasteiger partial charge in [-0.2, -0.15) is 0 Å². The van der Waals surface area contributed by atoms with E-state index < -0.39 is 0 Å². The zero-order chi connectivity index (χ0) is 19.6. The molecule has 26 heavy (non-hydrogen) atoms. The number of nitrogens with zero attached hydrogens (tertiary/aromatic N) is 4. The SMILES string of the molecule is CCCCN(CCCC=C(C)C)N=NN(CCCC)CCCC=C(C)C. The maximum atomic E-state index is 4.59. The highest BCUT2D eigenvalue weighted by molar-refractivity contribution is 4.93. The summed E-state index contributed by atoms with van der Waals surface area (Å²) in [5.41, 5.74) is 2.79. The van der Waals surface area contributed by atoms with E-state index in [0.29, 0.717) is 0 Å². The van der Waals surface area contributed by atoms with Crippen LogP contribution >= 0.6 is 0 Å². The fourth-order valence-electron chi connectivity index (χ4n) is 2.53. The van der Waals surface area contributed by atoms with Crippen LogP contribution in [0.5, 0.6) is 0 Å². The van der Waals surface area contributed by atoms with E-state index >= 15 is 0 Å². The lowest BCUT2D eigenvalue weighted by Crippen LogP contribution is -2.24. The van der Waals surface area contributed by atoms with Crippen LogP contribution in [0.1, 0.15) is 92.9 Å². The monoisotopic (exact) mass is 364 g/mol. The predicted octanol–water partition coefficient (Wildman–Crippen LogP) is 6.97. The minimum Gasteiger partial charge on any atom is -0.277 e. The van der Waals surface area contributed by atoms with Crippen LogP contribution in [0.4, 0.5) is 0 Å². The average molecular weight is 365 g/mol. The van der Waals surface area contributed by atoms with Crippen LogP contribution in [0.25, 0.3) is 0 Å². The fourth-order valence-corrected chi connectivity index (χ4v) is 2.53. The second kappa shape index (κ2) is 17.1. The van der Waals surface area contributed by atoms with Crippen molar-refractivity contribution in [1.29, 1.82) is 0 Å². The molecule has 0 aromatic carbocycles. The van der Waals surface area contributed by atoms with Crippen LogP contribution in [-0.2, 0) is 0 Å². The smallest absolute Gasteiger partial charge is 0.0380 e. The van der Waals surface area contributed by atoms with Crippen molar-refractivity contribution in [2.75, 3.05) is 26.2 Å². The highest BCUT2D eigenvalue weighted by Crippen LogP contribution is 2.07. The molecule has 0 aliphatic carbocycles. The molecule has 0 rings (SSSR count). The van der Waals surface area contributed by atoms with Crippen LogP contribution in [0.15, 0.2) is 33.7 Å². The summed E-state index contributed by atoms with van der Waals surface area (Å²) in [5, 5.41) is 13.5. The molecular weight excluding hydrogens is 320 g/mol. The van der Waals surface area contributed by atoms with E-state index in [1.807, 2.05) is 0 Å². The standard InChI is InChI=1S/C22H44N4/c1-7-9-17-25(19-13-11-15-21(3)4)23-24-26(18-10-8-2)20-14-12-16-22(5)6/h15-16H,7-14,17-20H2,1-6H3. The lowest BCUT2D eigenvalue weighted by molar-refractivity contribution is 0.191. The Kier molecular flexibility index (Phi) is 16.2. The maximum Gasteiger partial charge on any atom is 0.0380 e. The van der Waals surface area contributed by atoms with Gasteiger partial charge in [0.15, 0.2) is 0 Å². The number of hydrogen-bond acceptors (Lipinski definition) is 2. The van der Waals surface area contributed by atoms with Crippen LogP contribution in [0.2, 0.25) is 0 Å². The zero-order valence-electron chi connectivity index (χ0n) is 18.4. The van der Waals surface area contributed by atoms with Gasteiger partial charge < -0.3 is 0 Å². The molecule has 0 fully saturated rings. The summed E-state index contributed by atoms with van der Waals surface area (Å²) in [7, 11) is 0. The van der Waals surface area contributed by atoms with Gasteiger partial charge in [0, 0.05) is 26.2 Å². The van der Waals surface area contributed by atoms with E-state index in [2.05, 4.69) is 74.2 Å². The van der Waals surface area contributed by atoms with Crippen molar-refractivity contribution in [3.63, 3.8) is 0 Å². The Morgan fingerprint density at radius 3 is 1.27 bits per heavy atom. The van der Waals surface area contributed by atoms with Crippen molar-refractivity contribution in [1.82, 2.24) is 10.0 Å². The molecule has 4 nitrogen and oxygen atoms in total. The Labute approximate surface area is 163 Å². The molecular formula is C22H44N4. The Morgan fingerprint density at radius 2 is 0.962 bits per heavy atom. The molecule has 0 aliphatic heterocycles. The summed E-state index contributed by atoms with van der Waals surface area (Å²) in [4.78, 5) is 0. The predicted molar refractivity (Wildman–Crippen MR) is 115 cm³/mol. The number of rotatable bonds is 16. The van der Waals surface area contributed by atoms with Crippen molar-refractivity contribution in [3.05, 3.63) is 23.3 Å². The van der Waals surface area contributed by atoms with Gasteiger partial charge in [0.05, 0.1) is 0 Å². The maximum absolute atomic E-state index is 4.59. The van der Waals surface area contributed by atoms with Gasteiger partial charge in [-0.05, 0) is 66.2 Å². The molecule has 0 unspecified atom stereocenters. The van der Waals surface area contributed by atoms with E-state index in [9.17, 15) is 0 Å². The van der Waals surface area contributed by atoms with E-state index in [1.54, 1.807) is 0 Å². The number of allylic oxidation sites excluding steroid dienone is 4. The second-order valence-electron chi connectivity index (χ2n) is 7.64. The molecule has 0 heterocycles. The summed E-state index contributed by atoms with van der Waals surface area (Å²) in [6.45, 7) is 17.1. The second-order valence-corrected chi connectivity index (χ2v) is 7.64. The molecule has 0 saturated heterocycles. The quantitative estimate of drug-likeness (QED) is 0.128. The minimum absolute atomic E-state index is 0.993. The summed E-state index contributed by atoms with van der Waals surface area (Å²) in [6, 6.07) is 0. The Balaban J connectivity index is 4.57. The van der Waals surface area contributed by atoms with Gasteiger partial charge >= 0.3 is 0 Å². The molecule has 0 atom stereocenters. The van der Waals surface area contributed by atoms with E-state index in [1.165, 1.54) is 36.8 Å². The Bertz CT molecular complexity index is 366. The third-order valence-corrected chi connectivity index (χ3v) is 4.18. The molecule has 4 heteroatoms. The van der Waals surface area contributed by atoms with Gasteiger partial charge in [-0.15, -0.1) is 0 Å². The highest BCUT2D eigenvalue weighted by atomic mass is 15.7. The molecule has 0 radical (unpaired) electrons. The molecule has 0 saturated carbocycles. The summed E-state index contributed by atoms with van der Waals surface area (Å²) < 4.78 is 0. The lowest BCUT2D eigenvalue weighted by atomic mass is 10.2. The van der Waals surface area contributed by atoms with Crippen molar-refractivity contribution in [2.24, 2.45) is 10.4 Å². The molecule has 0 amide bonds. The lowest BCUT2D eigenvalue weighted by Gasteiger charge is -2.21. The first-order chi connectivity index (χ1) is 12.5. The molecule has 0 aromatic heterocycles. The summed E-state index contributed by atoms with van der Waals surface area (Å²) >= 11 is 0. The first-order valence-corrected chi connectivity index (χ1v) is 10.7. The highest BCUT2D eigenvalue weighted by Gasteiger charge is 2.04. The van der Waals surface area contributed by atoms with Gasteiger partial charge in [0.1, 0.15) is 0 Å². The Morgan fingerprint density at radius 1 is 0.615 bits per heavy atom. The van der Waals surface area contributed by atoms with Gasteiger partial charge in [0.2, 0.25) is 0 Å². The largest absolute Gasteiger partial charge is 0.277 e. The molecule has 0 N–H and O–H groups in total. The molecule has 0 aliphatic rings. The van der Waals surface area contributed by atoms with Crippen molar-refractivity contribution in [3.8, 4) is 0 Å². The number of unbranched alkanes of at least 4 members (excludes halogenated alkanes) is 4. The molecule has 0 spiro atoms. The van der Waals surface area contributed by atoms with E-state index in [4.69, 9.17) is 0 Å². The van der Waals surface area contributed by atoms with Gasteiger partial charge in [-0.1, -0.05) is 60.4 Å². The molecule has 0 bridgehead atoms. The third kappa shape index (κ3) is 16.2. The van der Waals surface area contributed by atoms with Crippen LogP contribution in [-0.4, -0.2) is 36.2 Å². The average Bonchev–Trinajstić information content (AvgIpc) is 2.60. The van der Waals surface area contributed by atoms with Gasteiger partial charge in [0.25, 0.3) is 0 Å². The summed E-state index contributed by atoms with van der Waals surface area (Å²) in [6.07, 6.45) is 13.9. The fraction of sp³-hybridized carbons (Fsp3) is 0.818. The van der Waals surface area contributed by atoms with Crippen LogP contribution in [0, 0.1) is 0 Å². The van der Waals surface area contributed by atoms with Crippen LogP contribution < -0.4 is 0 Å². The van der Waals surface area contributed by atoms with Gasteiger partial charge in [-0.25, -0.2) is 0 Å². The first-order valence-electron chi connectivity index (χ1n) is 10.7. The van der Waals surface area contributed by atoms with E-state index in [0.717, 1.165) is 51.9 Å². The van der Waals surface area contributed by atoms with Crippen molar-refractivity contribution in [2.45, 2.75) is 92.9 Å². The van der Waals surface area contributed by atoms with E-state index in [-0.39, 0.29) is 0 Å². The zero-order valence-corrected chi connectivity index (χ0v) is 18.4. The molecule has 0 aromatic rings.